The predicted molar refractivity (Wildman–Crippen MR) is 84.3 cm³/mol. The van der Waals surface area contributed by atoms with Crippen molar-refractivity contribution < 1.29 is 4.79 Å². The Morgan fingerprint density at radius 3 is 2.95 bits per heavy atom. The topological polar surface area (TPSA) is 70.7 Å². The van der Waals surface area contributed by atoms with Crippen LogP contribution in [-0.4, -0.2) is 26.6 Å². The summed E-state index contributed by atoms with van der Waals surface area (Å²) in [6.07, 6.45) is 3.73. The molecule has 0 radical (unpaired) electrons. The molecule has 106 valence electrons. The molecular formula is C15H14N4OS. The van der Waals surface area contributed by atoms with Gasteiger partial charge in [0.05, 0.1) is 22.9 Å². The number of aromatic nitrogens is 3. The summed E-state index contributed by atoms with van der Waals surface area (Å²) in [7, 11) is 0. The molecule has 21 heavy (non-hydrogen) atoms. The molecule has 0 unspecified atom stereocenters. The molecule has 0 fully saturated rings. The number of aromatic amines is 1. The minimum atomic E-state index is -0.0217. The third-order valence-corrected chi connectivity index (χ3v) is 3.76. The number of hydrogen-bond donors (Lipinski definition) is 2. The second kappa shape index (κ2) is 6.41. The zero-order valence-corrected chi connectivity index (χ0v) is 12.1. The fraction of sp³-hybridized carbons (Fsp3) is 0.133. The molecule has 0 saturated carbocycles. The quantitative estimate of drug-likeness (QED) is 0.710. The van der Waals surface area contributed by atoms with E-state index in [1.807, 2.05) is 30.3 Å². The third kappa shape index (κ3) is 3.61. The van der Waals surface area contributed by atoms with E-state index in [2.05, 4.69) is 20.3 Å². The van der Waals surface area contributed by atoms with Crippen LogP contribution in [-0.2, 0) is 4.79 Å². The van der Waals surface area contributed by atoms with Crippen LogP contribution in [0.2, 0.25) is 0 Å². The van der Waals surface area contributed by atoms with Crippen molar-refractivity contribution in [1.29, 1.82) is 0 Å². The molecule has 2 heterocycles. The van der Waals surface area contributed by atoms with E-state index in [9.17, 15) is 4.79 Å². The van der Waals surface area contributed by atoms with Crippen molar-refractivity contribution in [2.75, 3.05) is 11.1 Å². The number of fused-ring (bicyclic) bond motifs is 1. The van der Waals surface area contributed by atoms with Gasteiger partial charge in [-0.3, -0.25) is 9.78 Å². The molecule has 0 aliphatic heterocycles. The summed E-state index contributed by atoms with van der Waals surface area (Å²) in [6, 6.07) is 11.5. The lowest BCUT2D eigenvalue weighted by Crippen LogP contribution is -2.12. The van der Waals surface area contributed by atoms with Gasteiger partial charge < -0.3 is 10.3 Å². The van der Waals surface area contributed by atoms with Gasteiger partial charge in [-0.05, 0) is 24.3 Å². The van der Waals surface area contributed by atoms with Crippen LogP contribution in [0.5, 0.6) is 0 Å². The Kier molecular flexibility index (Phi) is 4.16. The Morgan fingerprint density at radius 1 is 1.24 bits per heavy atom. The molecule has 0 bridgehead atoms. The SMILES string of the molecule is O=C(CCSc1nc2ccccc2[nH]1)Nc1cccnc1. The van der Waals surface area contributed by atoms with Gasteiger partial charge in [0.25, 0.3) is 0 Å². The predicted octanol–water partition coefficient (Wildman–Crippen LogP) is 3.08. The van der Waals surface area contributed by atoms with Gasteiger partial charge in [-0.15, -0.1) is 0 Å². The van der Waals surface area contributed by atoms with Gasteiger partial charge in [0, 0.05) is 18.4 Å². The van der Waals surface area contributed by atoms with Gasteiger partial charge in [-0.2, -0.15) is 0 Å². The minimum absolute atomic E-state index is 0.0217. The first-order valence-electron chi connectivity index (χ1n) is 6.59. The molecule has 6 heteroatoms. The Labute approximate surface area is 126 Å². The smallest absolute Gasteiger partial charge is 0.225 e. The lowest BCUT2D eigenvalue weighted by Gasteiger charge is -2.03. The van der Waals surface area contributed by atoms with Crippen LogP contribution in [0.15, 0.2) is 53.9 Å². The molecular weight excluding hydrogens is 284 g/mol. The number of rotatable bonds is 5. The number of pyridine rings is 1. The van der Waals surface area contributed by atoms with E-state index in [1.54, 1.807) is 30.2 Å². The summed E-state index contributed by atoms with van der Waals surface area (Å²) in [5, 5.41) is 3.65. The number of amides is 1. The van der Waals surface area contributed by atoms with Crippen molar-refractivity contribution in [3.8, 4) is 0 Å². The average molecular weight is 298 g/mol. The molecule has 0 aliphatic rings. The average Bonchev–Trinajstić information content (AvgIpc) is 2.91. The van der Waals surface area contributed by atoms with Crippen molar-refractivity contribution in [2.45, 2.75) is 11.6 Å². The van der Waals surface area contributed by atoms with E-state index in [0.717, 1.165) is 21.9 Å². The number of carbonyl (C=O) groups is 1. The minimum Gasteiger partial charge on any atom is -0.333 e. The Balaban J connectivity index is 1.50. The first-order valence-corrected chi connectivity index (χ1v) is 7.57. The largest absolute Gasteiger partial charge is 0.333 e. The second-order valence-corrected chi connectivity index (χ2v) is 5.53. The molecule has 1 amide bonds. The maximum Gasteiger partial charge on any atom is 0.225 e. The van der Waals surface area contributed by atoms with E-state index in [4.69, 9.17) is 0 Å². The van der Waals surface area contributed by atoms with Crippen LogP contribution in [0.25, 0.3) is 11.0 Å². The summed E-state index contributed by atoms with van der Waals surface area (Å²) in [5.74, 6) is 0.651. The molecule has 3 rings (SSSR count). The van der Waals surface area contributed by atoms with Crippen LogP contribution < -0.4 is 5.32 Å². The van der Waals surface area contributed by atoms with Crippen LogP contribution in [0.3, 0.4) is 0 Å². The highest BCUT2D eigenvalue weighted by molar-refractivity contribution is 7.99. The molecule has 0 atom stereocenters. The molecule has 3 aromatic rings. The van der Waals surface area contributed by atoms with Crippen molar-refractivity contribution in [3.63, 3.8) is 0 Å². The van der Waals surface area contributed by atoms with Gasteiger partial charge in [-0.25, -0.2) is 4.98 Å². The van der Waals surface area contributed by atoms with E-state index >= 15 is 0 Å². The maximum atomic E-state index is 11.8. The van der Waals surface area contributed by atoms with E-state index < -0.39 is 0 Å². The number of benzene rings is 1. The number of nitrogens with one attached hydrogen (secondary N) is 2. The Bertz CT molecular complexity index is 709. The number of carbonyl (C=O) groups excluding carboxylic acids is 1. The lowest BCUT2D eigenvalue weighted by molar-refractivity contribution is -0.115. The fourth-order valence-corrected chi connectivity index (χ4v) is 2.72. The van der Waals surface area contributed by atoms with E-state index in [0.29, 0.717) is 12.2 Å². The summed E-state index contributed by atoms with van der Waals surface area (Å²) in [6.45, 7) is 0. The summed E-state index contributed by atoms with van der Waals surface area (Å²) in [5.41, 5.74) is 2.68. The molecule has 5 nitrogen and oxygen atoms in total. The standard InChI is InChI=1S/C15H14N4OS/c20-14(17-11-4-3-8-16-10-11)7-9-21-15-18-12-5-1-2-6-13(12)19-15/h1-6,8,10H,7,9H2,(H,17,20)(H,18,19). The number of para-hydroxylation sites is 2. The van der Waals surface area contributed by atoms with Gasteiger partial charge in [0.1, 0.15) is 0 Å². The Hall–Kier alpha value is -2.34. The summed E-state index contributed by atoms with van der Waals surface area (Å²) >= 11 is 1.54. The van der Waals surface area contributed by atoms with Crippen molar-refractivity contribution in [1.82, 2.24) is 15.0 Å². The van der Waals surface area contributed by atoms with Crippen LogP contribution >= 0.6 is 11.8 Å². The van der Waals surface area contributed by atoms with Crippen LogP contribution in [0.4, 0.5) is 5.69 Å². The number of hydrogen-bond acceptors (Lipinski definition) is 4. The maximum absolute atomic E-state index is 11.8. The summed E-state index contributed by atoms with van der Waals surface area (Å²) in [4.78, 5) is 23.4. The zero-order valence-electron chi connectivity index (χ0n) is 11.2. The Morgan fingerprint density at radius 2 is 2.14 bits per heavy atom. The zero-order chi connectivity index (χ0) is 14.5. The summed E-state index contributed by atoms with van der Waals surface area (Å²) < 4.78 is 0. The molecule has 1 aromatic carbocycles. The third-order valence-electron chi connectivity index (χ3n) is 2.88. The number of imidazole rings is 1. The lowest BCUT2D eigenvalue weighted by atomic mass is 10.3. The van der Waals surface area contributed by atoms with E-state index in [-0.39, 0.29) is 5.91 Å². The number of thioether (sulfide) groups is 1. The van der Waals surface area contributed by atoms with Crippen LogP contribution in [0, 0.1) is 0 Å². The van der Waals surface area contributed by atoms with Crippen molar-refractivity contribution in [2.24, 2.45) is 0 Å². The van der Waals surface area contributed by atoms with Gasteiger partial charge in [0.15, 0.2) is 5.16 Å². The van der Waals surface area contributed by atoms with Gasteiger partial charge in [-0.1, -0.05) is 23.9 Å². The number of H-pyrrole nitrogens is 1. The van der Waals surface area contributed by atoms with E-state index in [1.165, 1.54) is 0 Å². The van der Waals surface area contributed by atoms with Crippen molar-refractivity contribution >= 4 is 34.4 Å². The molecule has 2 aromatic heterocycles. The highest BCUT2D eigenvalue weighted by Gasteiger charge is 2.05. The molecule has 0 spiro atoms. The monoisotopic (exact) mass is 298 g/mol. The van der Waals surface area contributed by atoms with Crippen molar-refractivity contribution in [3.05, 3.63) is 48.8 Å². The number of nitrogens with zero attached hydrogens (tertiary/aromatic N) is 2. The highest BCUT2D eigenvalue weighted by atomic mass is 32.2. The number of anilines is 1. The second-order valence-electron chi connectivity index (χ2n) is 4.45. The normalized spacial score (nSPS) is 10.7. The van der Waals surface area contributed by atoms with Gasteiger partial charge >= 0.3 is 0 Å². The highest BCUT2D eigenvalue weighted by Crippen LogP contribution is 2.19. The molecule has 2 N–H and O–H groups in total. The van der Waals surface area contributed by atoms with Crippen LogP contribution in [0.1, 0.15) is 6.42 Å². The fourth-order valence-electron chi connectivity index (χ4n) is 1.90. The molecule has 0 aliphatic carbocycles. The van der Waals surface area contributed by atoms with Gasteiger partial charge in [0.2, 0.25) is 5.91 Å². The first-order chi connectivity index (χ1) is 10.3. The molecule has 0 saturated heterocycles. The first kappa shape index (κ1) is 13.6.